The molecule has 1 N–H and O–H groups in total. The fourth-order valence-corrected chi connectivity index (χ4v) is 2.05. The quantitative estimate of drug-likeness (QED) is 0.881. The molecule has 0 aliphatic heterocycles. The molecule has 0 aliphatic carbocycles. The Kier molecular flexibility index (Phi) is 4.25. The largest absolute Gasteiger partial charge is 0.323 e. The number of nitrogens with one attached hydrogen (secondary N) is 1. The van der Waals surface area contributed by atoms with Gasteiger partial charge in [0.05, 0.1) is 5.69 Å². The average molecular weight is 290 g/mol. The van der Waals surface area contributed by atoms with Gasteiger partial charge in [-0.3, -0.25) is 9.48 Å². The summed E-state index contributed by atoms with van der Waals surface area (Å²) in [7, 11) is 1.76. The normalized spacial score (nSPS) is 11.0. The van der Waals surface area contributed by atoms with Gasteiger partial charge in [0.15, 0.2) is 0 Å². The summed E-state index contributed by atoms with van der Waals surface area (Å²) >= 11 is 6.09. The number of hydrogen-bond donors (Lipinski definition) is 1. The summed E-state index contributed by atoms with van der Waals surface area (Å²) in [5, 5.41) is 7.49. The molecule has 1 heterocycles. The molecule has 5 heteroatoms. The molecule has 4 nitrogen and oxygen atoms in total. The number of amides is 1. The van der Waals surface area contributed by atoms with E-state index in [2.05, 4.69) is 10.4 Å². The Bertz CT molecular complexity index is 657. The summed E-state index contributed by atoms with van der Waals surface area (Å²) in [6.45, 7) is 3.85. The van der Waals surface area contributed by atoms with E-state index in [1.807, 2.05) is 38.1 Å². The highest BCUT2D eigenvalue weighted by molar-refractivity contribution is 6.31. The second-order valence-corrected chi connectivity index (χ2v) is 4.96. The van der Waals surface area contributed by atoms with Crippen LogP contribution in [0.15, 0.2) is 30.3 Å². The third-order valence-electron chi connectivity index (χ3n) is 2.92. The summed E-state index contributed by atoms with van der Waals surface area (Å²) in [5.74, 6) is -0.201. The smallest absolute Gasteiger partial charge is 0.248 e. The predicted octanol–water partition coefficient (Wildman–Crippen LogP) is 3.34. The lowest BCUT2D eigenvalue weighted by Gasteiger charge is -2.02. The molecule has 0 spiro atoms. The Labute approximate surface area is 123 Å². The van der Waals surface area contributed by atoms with Crippen molar-refractivity contribution < 1.29 is 4.79 Å². The number of halogens is 1. The third-order valence-corrected chi connectivity index (χ3v) is 3.36. The van der Waals surface area contributed by atoms with E-state index in [1.54, 1.807) is 17.8 Å². The van der Waals surface area contributed by atoms with Gasteiger partial charge in [-0.25, -0.2) is 0 Å². The average Bonchev–Trinajstić information content (AvgIpc) is 2.64. The Morgan fingerprint density at radius 3 is 2.50 bits per heavy atom. The van der Waals surface area contributed by atoms with Gasteiger partial charge in [-0.15, -0.1) is 0 Å². The first-order chi connectivity index (χ1) is 9.47. The minimum Gasteiger partial charge on any atom is -0.323 e. The van der Waals surface area contributed by atoms with Crippen LogP contribution >= 0.6 is 11.6 Å². The second-order valence-electron chi connectivity index (χ2n) is 4.60. The van der Waals surface area contributed by atoms with E-state index < -0.39 is 0 Å². The van der Waals surface area contributed by atoms with Crippen LogP contribution in [-0.4, -0.2) is 15.7 Å². The molecule has 0 fully saturated rings. The number of anilines is 1. The maximum Gasteiger partial charge on any atom is 0.248 e. The van der Waals surface area contributed by atoms with Crippen LogP contribution in [0.5, 0.6) is 0 Å². The Balaban J connectivity index is 2.07. The molecular weight excluding hydrogens is 274 g/mol. The van der Waals surface area contributed by atoms with Crippen molar-refractivity contribution in [2.24, 2.45) is 7.05 Å². The standard InChI is InChI=1S/C15H16ClN3O/c1-10-4-6-12(7-5-10)17-14(20)9-8-13-11(2)18-19(3)15(13)16/h4-9H,1-3H3,(H,17,20)/b9-8+. The highest BCUT2D eigenvalue weighted by Crippen LogP contribution is 2.20. The number of aryl methyl sites for hydroxylation is 3. The topological polar surface area (TPSA) is 46.9 Å². The zero-order valence-corrected chi connectivity index (χ0v) is 12.4. The molecule has 1 aromatic heterocycles. The van der Waals surface area contributed by atoms with Gasteiger partial charge in [0.1, 0.15) is 5.15 Å². The van der Waals surface area contributed by atoms with Gasteiger partial charge >= 0.3 is 0 Å². The van der Waals surface area contributed by atoms with Crippen molar-refractivity contribution in [3.05, 3.63) is 52.3 Å². The lowest BCUT2D eigenvalue weighted by atomic mass is 10.2. The number of aromatic nitrogens is 2. The van der Waals surface area contributed by atoms with Gasteiger partial charge in [0.25, 0.3) is 0 Å². The molecule has 0 saturated heterocycles. The second kappa shape index (κ2) is 5.92. The molecule has 20 heavy (non-hydrogen) atoms. The van der Waals surface area contributed by atoms with Crippen LogP contribution in [-0.2, 0) is 11.8 Å². The van der Waals surface area contributed by atoms with Gasteiger partial charge in [-0.1, -0.05) is 29.3 Å². The highest BCUT2D eigenvalue weighted by atomic mass is 35.5. The van der Waals surface area contributed by atoms with Crippen molar-refractivity contribution in [3.63, 3.8) is 0 Å². The summed E-state index contributed by atoms with van der Waals surface area (Å²) in [6, 6.07) is 7.62. The highest BCUT2D eigenvalue weighted by Gasteiger charge is 2.08. The van der Waals surface area contributed by atoms with Crippen LogP contribution in [0.1, 0.15) is 16.8 Å². The van der Waals surface area contributed by atoms with Gasteiger partial charge in [0, 0.05) is 24.4 Å². The van der Waals surface area contributed by atoms with Gasteiger partial charge in [-0.2, -0.15) is 5.10 Å². The molecule has 1 aromatic carbocycles. The molecule has 1 amide bonds. The monoisotopic (exact) mass is 289 g/mol. The van der Waals surface area contributed by atoms with E-state index >= 15 is 0 Å². The Morgan fingerprint density at radius 2 is 1.95 bits per heavy atom. The first kappa shape index (κ1) is 14.3. The molecule has 2 rings (SSSR count). The summed E-state index contributed by atoms with van der Waals surface area (Å²) in [5.41, 5.74) is 3.46. The predicted molar refractivity (Wildman–Crippen MR) is 81.8 cm³/mol. The van der Waals surface area contributed by atoms with Crippen molar-refractivity contribution in [1.82, 2.24) is 9.78 Å². The summed E-state index contributed by atoms with van der Waals surface area (Å²) < 4.78 is 1.58. The van der Waals surface area contributed by atoms with E-state index in [4.69, 9.17) is 11.6 Å². The van der Waals surface area contributed by atoms with Crippen molar-refractivity contribution in [1.29, 1.82) is 0 Å². The summed E-state index contributed by atoms with van der Waals surface area (Å²) in [6.07, 6.45) is 3.13. The number of rotatable bonds is 3. The minimum absolute atomic E-state index is 0.201. The Morgan fingerprint density at radius 1 is 1.30 bits per heavy atom. The first-order valence-corrected chi connectivity index (χ1v) is 6.60. The molecule has 0 saturated carbocycles. The number of carbonyl (C=O) groups is 1. The number of nitrogens with zero attached hydrogens (tertiary/aromatic N) is 2. The van der Waals surface area contributed by atoms with Crippen molar-refractivity contribution in [2.75, 3.05) is 5.32 Å². The van der Waals surface area contributed by atoms with Crippen LogP contribution in [0.2, 0.25) is 5.15 Å². The van der Waals surface area contributed by atoms with E-state index in [9.17, 15) is 4.79 Å². The SMILES string of the molecule is Cc1ccc(NC(=O)/C=C/c2c(C)nn(C)c2Cl)cc1. The third kappa shape index (κ3) is 3.27. The van der Waals surface area contributed by atoms with E-state index in [0.29, 0.717) is 5.15 Å². The van der Waals surface area contributed by atoms with E-state index in [-0.39, 0.29) is 5.91 Å². The molecular formula is C15H16ClN3O. The van der Waals surface area contributed by atoms with Crippen LogP contribution < -0.4 is 5.32 Å². The Hall–Kier alpha value is -2.07. The number of hydrogen-bond acceptors (Lipinski definition) is 2. The first-order valence-electron chi connectivity index (χ1n) is 6.22. The molecule has 0 bridgehead atoms. The molecule has 0 atom stereocenters. The van der Waals surface area contributed by atoms with Gasteiger partial charge < -0.3 is 5.32 Å². The lowest BCUT2D eigenvalue weighted by molar-refractivity contribution is -0.111. The fourth-order valence-electron chi connectivity index (χ4n) is 1.82. The molecule has 0 aliphatic rings. The number of benzene rings is 1. The van der Waals surface area contributed by atoms with Crippen molar-refractivity contribution in [2.45, 2.75) is 13.8 Å². The molecule has 0 unspecified atom stereocenters. The fraction of sp³-hybridized carbons (Fsp3) is 0.200. The zero-order valence-electron chi connectivity index (χ0n) is 11.6. The van der Waals surface area contributed by atoms with Crippen molar-refractivity contribution >= 4 is 29.3 Å². The molecule has 2 aromatic rings. The molecule has 0 radical (unpaired) electrons. The van der Waals surface area contributed by atoms with Crippen molar-refractivity contribution in [3.8, 4) is 0 Å². The number of carbonyl (C=O) groups excluding carboxylic acids is 1. The van der Waals surface area contributed by atoms with Crippen LogP contribution in [0.4, 0.5) is 5.69 Å². The maximum absolute atomic E-state index is 11.8. The summed E-state index contributed by atoms with van der Waals surface area (Å²) in [4.78, 5) is 11.8. The van der Waals surface area contributed by atoms with E-state index in [1.165, 1.54) is 6.08 Å². The van der Waals surface area contributed by atoms with Crippen LogP contribution in [0.25, 0.3) is 6.08 Å². The maximum atomic E-state index is 11.8. The molecule has 104 valence electrons. The van der Waals surface area contributed by atoms with Crippen LogP contribution in [0, 0.1) is 13.8 Å². The lowest BCUT2D eigenvalue weighted by Crippen LogP contribution is -2.07. The van der Waals surface area contributed by atoms with E-state index in [0.717, 1.165) is 22.5 Å². The minimum atomic E-state index is -0.201. The van der Waals surface area contributed by atoms with Gasteiger partial charge in [0.2, 0.25) is 5.91 Å². The zero-order chi connectivity index (χ0) is 14.7. The van der Waals surface area contributed by atoms with Crippen LogP contribution in [0.3, 0.4) is 0 Å². The van der Waals surface area contributed by atoms with Gasteiger partial charge in [-0.05, 0) is 32.1 Å².